The van der Waals surface area contributed by atoms with E-state index < -0.39 is 6.04 Å². The van der Waals surface area contributed by atoms with Crippen LogP contribution in [0.5, 0.6) is 0 Å². The zero-order chi connectivity index (χ0) is 8.69. The summed E-state index contributed by atoms with van der Waals surface area (Å²) in [6, 6.07) is -0.520. The van der Waals surface area contributed by atoms with Gasteiger partial charge in [-0.1, -0.05) is 0 Å². The van der Waals surface area contributed by atoms with Crippen LogP contribution >= 0.6 is 23.4 Å². The fourth-order valence-electron chi connectivity index (χ4n) is 0.484. The molecule has 0 amide bonds. The smallest absolute Gasteiger partial charge is 0.323 e. The summed E-state index contributed by atoms with van der Waals surface area (Å²) in [5.74, 6) is 1.59. The zero-order valence-corrected chi connectivity index (χ0v) is 7.95. The van der Waals surface area contributed by atoms with Crippen molar-refractivity contribution in [2.24, 2.45) is 5.73 Å². The van der Waals surface area contributed by atoms with Crippen LogP contribution in [-0.4, -0.2) is 36.5 Å². The van der Waals surface area contributed by atoms with Gasteiger partial charge in [-0.2, -0.15) is 11.8 Å². The van der Waals surface area contributed by atoms with Crippen LogP contribution in [0.1, 0.15) is 0 Å². The van der Waals surface area contributed by atoms with Gasteiger partial charge in [0, 0.05) is 17.4 Å². The summed E-state index contributed by atoms with van der Waals surface area (Å²) in [5, 5.41) is 0. The van der Waals surface area contributed by atoms with Gasteiger partial charge in [0.1, 0.15) is 6.04 Å². The van der Waals surface area contributed by atoms with E-state index in [1.807, 2.05) is 0 Å². The molecule has 0 bridgehead atoms. The van der Waals surface area contributed by atoms with Gasteiger partial charge < -0.3 is 10.5 Å². The van der Waals surface area contributed by atoms with Gasteiger partial charge in [0.15, 0.2) is 0 Å². The van der Waals surface area contributed by atoms with E-state index in [1.54, 1.807) is 11.8 Å². The molecule has 0 saturated heterocycles. The summed E-state index contributed by atoms with van der Waals surface area (Å²) in [6.45, 7) is 0. The first-order chi connectivity index (χ1) is 5.22. The third kappa shape index (κ3) is 5.35. The Bertz CT molecular complexity index is 123. The molecule has 0 saturated carbocycles. The Kier molecular flexibility index (Phi) is 6.80. The van der Waals surface area contributed by atoms with Crippen molar-refractivity contribution in [3.8, 4) is 0 Å². The van der Waals surface area contributed by atoms with Crippen LogP contribution in [0, 0.1) is 0 Å². The van der Waals surface area contributed by atoms with E-state index in [1.165, 1.54) is 7.11 Å². The van der Waals surface area contributed by atoms with Gasteiger partial charge in [0.2, 0.25) is 0 Å². The highest BCUT2D eigenvalue weighted by Crippen LogP contribution is 2.02. The molecule has 66 valence electrons. The first-order valence-electron chi connectivity index (χ1n) is 3.19. The Morgan fingerprint density at radius 3 is 2.91 bits per heavy atom. The maximum atomic E-state index is 10.7. The first kappa shape index (κ1) is 11.1. The lowest BCUT2D eigenvalue weighted by Crippen LogP contribution is -2.33. The second kappa shape index (κ2) is 6.76. The Hall–Kier alpha value is 0.0700. The highest BCUT2D eigenvalue weighted by atomic mass is 35.5. The summed E-state index contributed by atoms with van der Waals surface area (Å²) in [5.41, 5.74) is 5.43. The van der Waals surface area contributed by atoms with E-state index in [0.717, 1.165) is 5.75 Å². The number of hydrogen-bond acceptors (Lipinski definition) is 4. The number of hydrogen-bond donors (Lipinski definition) is 1. The molecular weight excluding hydrogens is 186 g/mol. The lowest BCUT2D eigenvalue weighted by atomic mass is 10.4. The van der Waals surface area contributed by atoms with E-state index in [4.69, 9.17) is 17.3 Å². The van der Waals surface area contributed by atoms with Crippen molar-refractivity contribution in [3.05, 3.63) is 0 Å². The summed E-state index contributed by atoms with van der Waals surface area (Å²) < 4.78 is 4.43. The molecule has 0 aliphatic carbocycles. The molecule has 0 fully saturated rings. The number of ether oxygens (including phenoxy) is 1. The summed E-state index contributed by atoms with van der Waals surface area (Å²) in [4.78, 5) is 10.7. The van der Waals surface area contributed by atoms with Crippen molar-refractivity contribution in [2.45, 2.75) is 6.04 Å². The van der Waals surface area contributed by atoms with Crippen LogP contribution in [0.3, 0.4) is 0 Å². The van der Waals surface area contributed by atoms with E-state index in [2.05, 4.69) is 4.74 Å². The lowest BCUT2D eigenvalue weighted by molar-refractivity contribution is -0.141. The summed E-state index contributed by atoms with van der Waals surface area (Å²) in [6.07, 6.45) is 0. The van der Waals surface area contributed by atoms with Crippen molar-refractivity contribution < 1.29 is 9.53 Å². The normalized spacial score (nSPS) is 12.6. The predicted octanol–water partition coefficient (Wildman–Crippen LogP) is 0.459. The molecule has 3 nitrogen and oxygen atoms in total. The van der Waals surface area contributed by atoms with E-state index in [-0.39, 0.29) is 5.97 Å². The summed E-state index contributed by atoms with van der Waals surface area (Å²) in [7, 11) is 1.33. The monoisotopic (exact) mass is 197 g/mol. The van der Waals surface area contributed by atoms with Crippen LogP contribution in [0.4, 0.5) is 0 Å². The Labute approximate surface area is 75.6 Å². The van der Waals surface area contributed by atoms with Gasteiger partial charge in [-0.3, -0.25) is 4.79 Å². The highest BCUT2D eigenvalue weighted by molar-refractivity contribution is 7.99. The number of esters is 1. The van der Waals surface area contributed by atoms with Crippen molar-refractivity contribution in [1.82, 2.24) is 0 Å². The molecule has 0 aromatic rings. The van der Waals surface area contributed by atoms with Crippen LogP contribution < -0.4 is 5.73 Å². The molecule has 0 aromatic heterocycles. The number of nitrogens with two attached hydrogens (primary N) is 1. The number of carbonyl (C=O) groups is 1. The molecule has 0 spiro atoms. The number of carbonyl (C=O) groups excluding carboxylic acids is 1. The topological polar surface area (TPSA) is 52.3 Å². The Balaban J connectivity index is 3.36. The first-order valence-corrected chi connectivity index (χ1v) is 4.88. The minimum absolute atomic E-state index is 0.368. The number of thioether (sulfide) groups is 1. The molecule has 0 heterocycles. The fourth-order valence-corrected chi connectivity index (χ4v) is 1.48. The third-order valence-corrected chi connectivity index (χ3v) is 2.52. The van der Waals surface area contributed by atoms with Crippen molar-refractivity contribution in [2.75, 3.05) is 24.5 Å². The Morgan fingerprint density at radius 2 is 2.45 bits per heavy atom. The molecule has 2 N–H and O–H groups in total. The van der Waals surface area contributed by atoms with E-state index in [9.17, 15) is 4.79 Å². The number of methoxy groups -OCH3 is 1. The molecular formula is C6H12ClNO2S. The highest BCUT2D eigenvalue weighted by Gasteiger charge is 2.12. The number of alkyl halides is 1. The minimum atomic E-state index is -0.520. The van der Waals surface area contributed by atoms with Crippen LogP contribution in [0.2, 0.25) is 0 Å². The molecule has 11 heavy (non-hydrogen) atoms. The lowest BCUT2D eigenvalue weighted by Gasteiger charge is -2.06. The average Bonchev–Trinajstić information content (AvgIpc) is 2.03. The largest absolute Gasteiger partial charge is 0.468 e. The quantitative estimate of drug-likeness (QED) is 0.395. The Morgan fingerprint density at radius 1 is 1.82 bits per heavy atom. The second-order valence-electron chi connectivity index (χ2n) is 1.89. The predicted molar refractivity (Wildman–Crippen MR) is 48.0 cm³/mol. The standard InChI is InChI=1S/C6H12ClNO2S/c1-10-6(9)5(8)4-11-3-2-7/h5H,2-4,8H2,1H3/t5-/m0/s1. The zero-order valence-electron chi connectivity index (χ0n) is 6.38. The second-order valence-corrected chi connectivity index (χ2v) is 3.42. The van der Waals surface area contributed by atoms with Crippen molar-refractivity contribution in [1.29, 1.82) is 0 Å². The molecule has 1 atom stereocenters. The fraction of sp³-hybridized carbons (Fsp3) is 0.833. The van der Waals surface area contributed by atoms with Crippen LogP contribution in [0.15, 0.2) is 0 Å². The van der Waals surface area contributed by atoms with Crippen LogP contribution in [0.25, 0.3) is 0 Å². The van der Waals surface area contributed by atoms with Gasteiger partial charge >= 0.3 is 5.97 Å². The molecule has 0 aromatic carbocycles. The maximum absolute atomic E-state index is 10.7. The molecule has 0 rings (SSSR count). The number of rotatable bonds is 5. The molecule has 0 radical (unpaired) electrons. The van der Waals surface area contributed by atoms with E-state index >= 15 is 0 Å². The minimum Gasteiger partial charge on any atom is -0.468 e. The average molecular weight is 198 g/mol. The molecule has 0 unspecified atom stereocenters. The van der Waals surface area contributed by atoms with Crippen molar-refractivity contribution >= 4 is 29.3 Å². The molecule has 0 aliphatic heterocycles. The maximum Gasteiger partial charge on any atom is 0.323 e. The molecule has 5 heteroatoms. The van der Waals surface area contributed by atoms with Crippen molar-refractivity contribution in [3.63, 3.8) is 0 Å². The van der Waals surface area contributed by atoms with Gasteiger partial charge in [-0.05, 0) is 0 Å². The van der Waals surface area contributed by atoms with Gasteiger partial charge in [0.05, 0.1) is 7.11 Å². The third-order valence-electron chi connectivity index (χ3n) is 1.02. The number of halogens is 1. The molecule has 0 aliphatic rings. The van der Waals surface area contributed by atoms with Gasteiger partial charge in [-0.25, -0.2) is 0 Å². The van der Waals surface area contributed by atoms with E-state index in [0.29, 0.717) is 11.6 Å². The van der Waals surface area contributed by atoms with Gasteiger partial charge in [-0.15, -0.1) is 11.6 Å². The van der Waals surface area contributed by atoms with Crippen LogP contribution in [-0.2, 0) is 9.53 Å². The SMILES string of the molecule is COC(=O)[C@@H](N)CSCCCl. The summed E-state index contributed by atoms with van der Waals surface area (Å²) >= 11 is 6.97. The van der Waals surface area contributed by atoms with Gasteiger partial charge in [0.25, 0.3) is 0 Å².